The molecule has 0 aromatic heterocycles. The van der Waals surface area contributed by atoms with Crippen molar-refractivity contribution in [1.29, 1.82) is 0 Å². The Bertz CT molecular complexity index is 1210. The van der Waals surface area contributed by atoms with E-state index >= 15 is 0 Å². The fraction of sp³-hybridized carbons (Fsp3) is 0.467. The first kappa shape index (κ1) is 30.5. The summed E-state index contributed by atoms with van der Waals surface area (Å²) in [5.41, 5.74) is 2.33. The molecule has 1 aliphatic rings. The summed E-state index contributed by atoms with van der Waals surface area (Å²) in [5.74, 6) is -1.53. The molecule has 3 rings (SSSR count). The maximum absolute atomic E-state index is 14.3. The molecular formula is C30H39N3O7. The molecule has 2 aromatic rings. The van der Waals surface area contributed by atoms with Gasteiger partial charge in [-0.25, -0.2) is 4.79 Å². The first-order valence-electron chi connectivity index (χ1n) is 13.3. The molecule has 0 radical (unpaired) electrons. The van der Waals surface area contributed by atoms with Gasteiger partial charge in [-0.3, -0.25) is 14.4 Å². The van der Waals surface area contributed by atoms with Crippen LogP contribution in [0, 0.1) is 13.8 Å². The van der Waals surface area contributed by atoms with Crippen LogP contribution in [0.5, 0.6) is 5.75 Å². The minimum absolute atomic E-state index is 0.0727. The SMILES string of the molecule is COC(=O)CNC(=O)C(c1cc(C)cc(C)c1)N(C(=O)C(Cc1ccc(O)cc1)NC(=O)OC(C)(C)C)C1CC1. The first-order valence-corrected chi connectivity index (χ1v) is 13.3. The van der Waals surface area contributed by atoms with E-state index in [1.807, 2.05) is 32.0 Å². The molecule has 3 N–H and O–H groups in total. The largest absolute Gasteiger partial charge is 0.508 e. The summed E-state index contributed by atoms with van der Waals surface area (Å²) in [7, 11) is 1.23. The Morgan fingerprint density at radius 1 is 1.02 bits per heavy atom. The molecule has 2 atom stereocenters. The average Bonchev–Trinajstić information content (AvgIpc) is 3.69. The second-order valence-corrected chi connectivity index (χ2v) is 11.2. The molecule has 0 spiro atoms. The normalized spacial score (nSPS) is 14.4. The van der Waals surface area contributed by atoms with Crippen LogP contribution in [-0.2, 0) is 30.3 Å². The lowest BCUT2D eigenvalue weighted by molar-refractivity contribution is -0.145. The third-order valence-corrected chi connectivity index (χ3v) is 6.28. The van der Waals surface area contributed by atoms with Gasteiger partial charge in [0.2, 0.25) is 11.8 Å². The molecule has 10 nitrogen and oxygen atoms in total. The zero-order valence-corrected chi connectivity index (χ0v) is 23.9. The van der Waals surface area contributed by atoms with Crippen LogP contribution in [0.3, 0.4) is 0 Å². The molecule has 0 heterocycles. The molecule has 2 unspecified atom stereocenters. The molecule has 1 aliphatic carbocycles. The maximum atomic E-state index is 14.3. The van der Waals surface area contributed by atoms with Crippen molar-refractivity contribution >= 4 is 23.9 Å². The number of hydrogen-bond donors (Lipinski definition) is 3. The quantitative estimate of drug-likeness (QED) is 0.384. The summed E-state index contributed by atoms with van der Waals surface area (Å²) < 4.78 is 10.1. The van der Waals surface area contributed by atoms with E-state index in [2.05, 4.69) is 15.4 Å². The zero-order valence-electron chi connectivity index (χ0n) is 23.9. The summed E-state index contributed by atoms with van der Waals surface area (Å²) in [4.78, 5) is 54.1. The third-order valence-electron chi connectivity index (χ3n) is 6.28. The van der Waals surface area contributed by atoms with Gasteiger partial charge >= 0.3 is 12.1 Å². The van der Waals surface area contributed by atoms with Crippen molar-refractivity contribution in [1.82, 2.24) is 15.5 Å². The predicted molar refractivity (Wildman–Crippen MR) is 149 cm³/mol. The van der Waals surface area contributed by atoms with E-state index in [9.17, 15) is 24.3 Å². The number of aryl methyl sites for hydroxylation is 2. The van der Waals surface area contributed by atoms with Crippen LogP contribution in [0.2, 0.25) is 0 Å². The fourth-order valence-corrected chi connectivity index (χ4v) is 4.50. The van der Waals surface area contributed by atoms with E-state index in [1.54, 1.807) is 32.9 Å². The van der Waals surface area contributed by atoms with Crippen molar-refractivity contribution in [2.24, 2.45) is 0 Å². The Hall–Kier alpha value is -4.08. The van der Waals surface area contributed by atoms with Gasteiger partial charge in [0, 0.05) is 12.5 Å². The number of ether oxygens (including phenoxy) is 2. The highest BCUT2D eigenvalue weighted by Gasteiger charge is 2.44. The zero-order chi connectivity index (χ0) is 29.6. The number of nitrogens with one attached hydrogen (secondary N) is 2. The standard InChI is InChI=1S/C30H39N3O7/c1-18-13-19(2)15-21(14-18)26(27(36)31-17-25(35)39-6)33(22-9-10-22)28(37)24(32-29(38)40-30(3,4)5)16-20-7-11-23(34)12-8-20/h7-8,11-15,22,24,26,34H,9-10,16-17H2,1-6H3,(H,31,36)(H,32,38). The lowest BCUT2D eigenvalue weighted by Gasteiger charge is -2.35. The summed E-state index contributed by atoms with van der Waals surface area (Å²) in [5, 5.41) is 15.0. The molecule has 10 heteroatoms. The van der Waals surface area contributed by atoms with Crippen molar-refractivity contribution in [3.63, 3.8) is 0 Å². The number of alkyl carbamates (subject to hydrolysis) is 1. The van der Waals surface area contributed by atoms with Crippen LogP contribution in [0.15, 0.2) is 42.5 Å². The molecule has 1 fully saturated rings. The van der Waals surface area contributed by atoms with Gasteiger partial charge in [-0.2, -0.15) is 0 Å². The number of carbonyl (C=O) groups excluding carboxylic acids is 4. The molecule has 40 heavy (non-hydrogen) atoms. The predicted octanol–water partition coefficient (Wildman–Crippen LogP) is 3.47. The van der Waals surface area contributed by atoms with E-state index in [1.165, 1.54) is 24.1 Å². The van der Waals surface area contributed by atoms with Crippen molar-refractivity contribution in [2.45, 2.75) is 77.6 Å². The van der Waals surface area contributed by atoms with Crippen LogP contribution in [0.1, 0.15) is 61.9 Å². The number of amides is 3. The van der Waals surface area contributed by atoms with Crippen LogP contribution in [0.4, 0.5) is 4.79 Å². The summed E-state index contributed by atoms with van der Waals surface area (Å²) >= 11 is 0. The van der Waals surface area contributed by atoms with Gasteiger partial charge in [-0.05, 0) is 70.7 Å². The molecule has 0 aliphatic heterocycles. The number of aromatic hydroxyl groups is 1. The highest BCUT2D eigenvalue weighted by atomic mass is 16.6. The minimum Gasteiger partial charge on any atom is -0.508 e. The van der Waals surface area contributed by atoms with Gasteiger partial charge in [-0.15, -0.1) is 0 Å². The van der Waals surface area contributed by atoms with Crippen LogP contribution < -0.4 is 10.6 Å². The second-order valence-electron chi connectivity index (χ2n) is 11.2. The van der Waals surface area contributed by atoms with Crippen molar-refractivity contribution in [2.75, 3.05) is 13.7 Å². The Kier molecular flexibility index (Phi) is 9.78. The van der Waals surface area contributed by atoms with Crippen LogP contribution >= 0.6 is 0 Å². The summed E-state index contributed by atoms with van der Waals surface area (Å²) in [6.07, 6.45) is 0.717. The highest BCUT2D eigenvalue weighted by Crippen LogP contribution is 2.36. The number of phenols is 1. The highest BCUT2D eigenvalue weighted by molar-refractivity contribution is 5.93. The lowest BCUT2D eigenvalue weighted by Crippen LogP contribution is -2.54. The molecule has 2 aromatic carbocycles. The topological polar surface area (TPSA) is 134 Å². The van der Waals surface area contributed by atoms with Gasteiger partial charge in [0.25, 0.3) is 0 Å². The number of benzene rings is 2. The Labute approximate surface area is 235 Å². The van der Waals surface area contributed by atoms with E-state index < -0.39 is 41.6 Å². The molecule has 216 valence electrons. The van der Waals surface area contributed by atoms with E-state index in [4.69, 9.17) is 4.74 Å². The average molecular weight is 554 g/mol. The summed E-state index contributed by atoms with van der Waals surface area (Å²) in [6, 6.07) is 9.63. The smallest absolute Gasteiger partial charge is 0.408 e. The molecule has 1 saturated carbocycles. The van der Waals surface area contributed by atoms with Gasteiger partial charge < -0.3 is 30.1 Å². The van der Waals surface area contributed by atoms with Crippen LogP contribution in [0.25, 0.3) is 0 Å². The van der Waals surface area contributed by atoms with E-state index in [0.29, 0.717) is 24.0 Å². The lowest BCUT2D eigenvalue weighted by atomic mass is 9.97. The molecule has 3 amide bonds. The number of carbonyl (C=O) groups is 4. The molecular weight excluding hydrogens is 514 g/mol. The fourth-order valence-electron chi connectivity index (χ4n) is 4.50. The third kappa shape index (κ3) is 8.72. The Morgan fingerprint density at radius 2 is 1.62 bits per heavy atom. The van der Waals surface area contributed by atoms with E-state index in [0.717, 1.165) is 11.1 Å². The molecule has 0 bridgehead atoms. The van der Waals surface area contributed by atoms with Gasteiger partial charge in [-0.1, -0.05) is 41.5 Å². The number of methoxy groups -OCH3 is 1. The molecule has 0 saturated heterocycles. The Balaban J connectivity index is 2.03. The number of rotatable bonds is 10. The number of hydrogen-bond acceptors (Lipinski definition) is 7. The van der Waals surface area contributed by atoms with Gasteiger partial charge in [0.15, 0.2) is 0 Å². The van der Waals surface area contributed by atoms with E-state index in [-0.39, 0.29) is 24.8 Å². The van der Waals surface area contributed by atoms with Gasteiger partial charge in [0.05, 0.1) is 7.11 Å². The van der Waals surface area contributed by atoms with Crippen molar-refractivity contribution in [3.8, 4) is 5.75 Å². The number of nitrogens with zero attached hydrogens (tertiary/aromatic N) is 1. The van der Waals surface area contributed by atoms with Crippen molar-refractivity contribution < 1.29 is 33.8 Å². The minimum atomic E-state index is -1.07. The summed E-state index contributed by atoms with van der Waals surface area (Å²) in [6.45, 7) is 8.63. The monoisotopic (exact) mass is 553 g/mol. The van der Waals surface area contributed by atoms with Crippen molar-refractivity contribution in [3.05, 3.63) is 64.7 Å². The van der Waals surface area contributed by atoms with Gasteiger partial charge in [0.1, 0.15) is 30.0 Å². The second kappa shape index (κ2) is 12.8. The van der Waals surface area contributed by atoms with Crippen LogP contribution in [-0.4, -0.2) is 65.2 Å². The first-order chi connectivity index (χ1) is 18.8. The Morgan fingerprint density at radius 3 is 2.15 bits per heavy atom. The number of phenolic OH excluding ortho intramolecular Hbond substituents is 1. The maximum Gasteiger partial charge on any atom is 0.408 e. The number of esters is 1.